The van der Waals surface area contributed by atoms with Gasteiger partial charge in [-0.15, -0.1) is 0 Å². The van der Waals surface area contributed by atoms with Gasteiger partial charge in [0.2, 0.25) is 12.7 Å². The Kier molecular flexibility index (Phi) is 5.02. The topological polar surface area (TPSA) is 67.5 Å². The van der Waals surface area contributed by atoms with Crippen LogP contribution in [0.1, 0.15) is 35.0 Å². The van der Waals surface area contributed by atoms with Crippen LogP contribution in [0.4, 0.5) is 0 Å². The lowest BCUT2D eigenvalue weighted by molar-refractivity contribution is -0.130. The molecule has 6 nitrogen and oxygen atoms in total. The molecule has 0 aliphatic carbocycles. The predicted molar refractivity (Wildman–Crippen MR) is 105 cm³/mol. The summed E-state index contributed by atoms with van der Waals surface area (Å²) < 4.78 is 10.9. The van der Waals surface area contributed by atoms with Crippen LogP contribution in [0.2, 0.25) is 0 Å². The Balaban J connectivity index is 1.56. The lowest BCUT2D eigenvalue weighted by Gasteiger charge is -2.22. The first-order chi connectivity index (χ1) is 13.6. The van der Waals surface area contributed by atoms with Crippen LogP contribution in [-0.2, 0) is 11.3 Å². The number of aryl methyl sites for hydroxylation is 1. The van der Waals surface area contributed by atoms with Crippen LogP contribution in [0.25, 0.3) is 0 Å². The molecule has 0 saturated carbocycles. The summed E-state index contributed by atoms with van der Waals surface area (Å²) in [6, 6.07) is 16.0. The Labute approximate surface area is 164 Å². The Hall–Kier alpha value is -3.28. The van der Waals surface area contributed by atoms with Crippen molar-refractivity contribution in [2.75, 3.05) is 13.8 Å². The molecule has 1 aliphatic rings. The molecule has 1 amide bonds. The number of aromatic nitrogens is 2. The van der Waals surface area contributed by atoms with Gasteiger partial charge in [0.25, 0.3) is 0 Å². The number of nitrogens with zero attached hydrogens (tertiary/aromatic N) is 2. The van der Waals surface area contributed by atoms with Gasteiger partial charge in [-0.25, -0.2) is 4.98 Å². The molecule has 1 atom stereocenters. The molecule has 3 aromatic rings. The molecule has 4 rings (SSSR count). The first kappa shape index (κ1) is 18.1. The van der Waals surface area contributed by atoms with Gasteiger partial charge in [-0.05, 0) is 30.2 Å². The van der Waals surface area contributed by atoms with Crippen molar-refractivity contribution in [1.29, 1.82) is 0 Å². The van der Waals surface area contributed by atoms with Crippen LogP contribution in [0.3, 0.4) is 0 Å². The molecule has 6 heteroatoms. The van der Waals surface area contributed by atoms with Crippen LogP contribution < -0.4 is 9.47 Å². The third-order valence-corrected chi connectivity index (χ3v) is 4.95. The molecule has 0 saturated heterocycles. The highest BCUT2D eigenvalue weighted by Crippen LogP contribution is 2.37. The summed E-state index contributed by atoms with van der Waals surface area (Å²) in [6.07, 6.45) is 2.13. The summed E-state index contributed by atoms with van der Waals surface area (Å²) >= 11 is 0. The van der Waals surface area contributed by atoms with E-state index in [4.69, 9.17) is 9.47 Å². The van der Waals surface area contributed by atoms with Gasteiger partial charge in [0, 0.05) is 31.3 Å². The molecule has 28 heavy (non-hydrogen) atoms. The fourth-order valence-corrected chi connectivity index (χ4v) is 3.43. The van der Waals surface area contributed by atoms with Crippen molar-refractivity contribution in [3.8, 4) is 11.5 Å². The van der Waals surface area contributed by atoms with E-state index in [2.05, 4.69) is 22.1 Å². The third-order valence-electron chi connectivity index (χ3n) is 4.95. The minimum Gasteiger partial charge on any atom is -0.454 e. The maximum absolute atomic E-state index is 13.0. The molecule has 1 N–H and O–H groups in total. The number of rotatable bonds is 6. The number of hydrogen-bond acceptors (Lipinski definition) is 4. The van der Waals surface area contributed by atoms with Crippen molar-refractivity contribution in [1.82, 2.24) is 14.9 Å². The monoisotopic (exact) mass is 377 g/mol. The van der Waals surface area contributed by atoms with E-state index in [1.165, 1.54) is 0 Å². The maximum atomic E-state index is 13.0. The van der Waals surface area contributed by atoms with Crippen molar-refractivity contribution in [3.05, 3.63) is 77.4 Å². The number of amides is 1. The average molecular weight is 377 g/mol. The largest absolute Gasteiger partial charge is 0.454 e. The highest BCUT2D eigenvalue weighted by atomic mass is 16.7. The van der Waals surface area contributed by atoms with Crippen molar-refractivity contribution in [2.45, 2.75) is 25.8 Å². The molecule has 0 bridgehead atoms. The van der Waals surface area contributed by atoms with Gasteiger partial charge in [-0.1, -0.05) is 36.4 Å². The molecular formula is C22H23N3O3. The number of ether oxygens (including phenoxy) is 2. The van der Waals surface area contributed by atoms with Crippen LogP contribution in [0, 0.1) is 6.92 Å². The van der Waals surface area contributed by atoms with Gasteiger partial charge in [-0.3, -0.25) is 4.79 Å². The first-order valence-electron chi connectivity index (χ1n) is 9.29. The Morgan fingerprint density at radius 1 is 1.14 bits per heavy atom. The van der Waals surface area contributed by atoms with Gasteiger partial charge in [0.15, 0.2) is 11.5 Å². The number of carbonyl (C=O) groups is 1. The van der Waals surface area contributed by atoms with E-state index < -0.39 is 0 Å². The second-order valence-electron chi connectivity index (χ2n) is 7.04. The Morgan fingerprint density at radius 3 is 2.68 bits per heavy atom. The molecular weight excluding hydrogens is 354 g/mol. The number of carbonyl (C=O) groups excluding carboxylic acids is 1. The number of hydrogen-bond donors (Lipinski definition) is 1. The summed E-state index contributed by atoms with van der Waals surface area (Å²) in [4.78, 5) is 22.1. The molecule has 0 spiro atoms. The second kappa shape index (κ2) is 7.76. The fourth-order valence-electron chi connectivity index (χ4n) is 3.43. The highest BCUT2D eigenvalue weighted by molar-refractivity contribution is 5.77. The zero-order chi connectivity index (χ0) is 19.5. The second-order valence-corrected chi connectivity index (χ2v) is 7.04. The molecule has 2 heterocycles. The van der Waals surface area contributed by atoms with Gasteiger partial charge in [-0.2, -0.15) is 0 Å². The summed E-state index contributed by atoms with van der Waals surface area (Å²) in [7, 11) is 1.81. The third kappa shape index (κ3) is 3.86. The van der Waals surface area contributed by atoms with Crippen molar-refractivity contribution in [3.63, 3.8) is 0 Å². The zero-order valence-electron chi connectivity index (χ0n) is 16.0. The van der Waals surface area contributed by atoms with Crippen molar-refractivity contribution >= 4 is 5.91 Å². The smallest absolute Gasteiger partial charge is 0.231 e. The number of aromatic amines is 1. The minimum atomic E-state index is -0.0658. The summed E-state index contributed by atoms with van der Waals surface area (Å²) in [5.41, 5.74) is 3.11. The summed E-state index contributed by atoms with van der Waals surface area (Å²) in [6.45, 7) is 2.64. The molecule has 144 valence electrons. The summed E-state index contributed by atoms with van der Waals surface area (Å²) in [5.74, 6) is 2.25. The van der Waals surface area contributed by atoms with E-state index in [1.807, 2.05) is 50.4 Å². The van der Waals surface area contributed by atoms with Crippen LogP contribution in [-0.4, -0.2) is 34.6 Å². The molecule has 0 fully saturated rings. The quantitative estimate of drug-likeness (QED) is 0.712. The Bertz CT molecular complexity index is 968. The van der Waals surface area contributed by atoms with Crippen LogP contribution >= 0.6 is 0 Å². The molecule has 0 radical (unpaired) electrons. The Morgan fingerprint density at radius 2 is 1.93 bits per heavy atom. The molecule has 1 aromatic heterocycles. The average Bonchev–Trinajstić information content (AvgIpc) is 3.34. The van der Waals surface area contributed by atoms with Crippen LogP contribution in [0.5, 0.6) is 11.5 Å². The van der Waals surface area contributed by atoms with E-state index >= 15 is 0 Å². The zero-order valence-corrected chi connectivity index (χ0v) is 16.0. The van der Waals surface area contributed by atoms with E-state index in [0.717, 1.165) is 34.1 Å². The predicted octanol–water partition coefficient (Wildman–Crippen LogP) is 3.63. The fraction of sp³-hybridized carbons (Fsp3) is 0.273. The van der Waals surface area contributed by atoms with Gasteiger partial charge >= 0.3 is 0 Å². The van der Waals surface area contributed by atoms with Gasteiger partial charge in [0.1, 0.15) is 5.82 Å². The van der Waals surface area contributed by atoms with E-state index in [9.17, 15) is 4.79 Å². The normalized spacial score (nSPS) is 13.4. The number of benzene rings is 2. The van der Waals surface area contributed by atoms with Crippen molar-refractivity contribution < 1.29 is 14.3 Å². The van der Waals surface area contributed by atoms with Gasteiger partial charge < -0.3 is 19.4 Å². The minimum absolute atomic E-state index is 0.0561. The standard InChI is InChI=1S/C22H23N3O3/c1-15-12-23-21(24-15)13-25(2)22(26)11-18(16-6-4-3-5-7-16)17-8-9-19-20(10-17)28-14-27-19/h3-10,12,18H,11,13-14H2,1-2H3,(H,23,24)/t18-/m1/s1. The number of H-pyrrole nitrogens is 1. The number of nitrogens with one attached hydrogen (secondary N) is 1. The molecule has 0 unspecified atom stereocenters. The number of fused-ring (bicyclic) bond motifs is 1. The molecule has 2 aromatic carbocycles. The summed E-state index contributed by atoms with van der Waals surface area (Å²) in [5, 5.41) is 0. The van der Waals surface area contributed by atoms with E-state index in [1.54, 1.807) is 11.1 Å². The van der Waals surface area contributed by atoms with Crippen molar-refractivity contribution in [2.24, 2.45) is 0 Å². The van der Waals surface area contributed by atoms with E-state index in [0.29, 0.717) is 13.0 Å². The van der Waals surface area contributed by atoms with Crippen LogP contribution in [0.15, 0.2) is 54.7 Å². The lowest BCUT2D eigenvalue weighted by atomic mass is 9.88. The number of imidazole rings is 1. The first-order valence-corrected chi connectivity index (χ1v) is 9.29. The highest BCUT2D eigenvalue weighted by Gasteiger charge is 2.23. The SMILES string of the molecule is Cc1cnc(CN(C)C(=O)C[C@H](c2ccccc2)c2ccc3c(c2)OCO3)[nH]1. The van der Waals surface area contributed by atoms with E-state index in [-0.39, 0.29) is 18.6 Å². The van der Waals surface area contributed by atoms with Gasteiger partial charge in [0.05, 0.1) is 6.54 Å². The molecule has 1 aliphatic heterocycles. The maximum Gasteiger partial charge on any atom is 0.231 e. The lowest BCUT2D eigenvalue weighted by Crippen LogP contribution is -2.28.